The van der Waals surface area contributed by atoms with Crippen LogP contribution in [0.15, 0.2) is 16.5 Å². The van der Waals surface area contributed by atoms with E-state index >= 15 is 0 Å². The number of amides is 1. The second-order valence-corrected chi connectivity index (χ2v) is 10.3. The molecule has 0 radical (unpaired) electrons. The topological polar surface area (TPSA) is 60.1 Å². The molecule has 198 valence electrons. The maximum atomic E-state index is 12.3. The van der Waals surface area contributed by atoms with Gasteiger partial charge >= 0.3 is 0 Å². The molecular weight excluding hydrogens is 458 g/mol. The Balaban J connectivity index is 1.42. The van der Waals surface area contributed by atoms with Crippen LogP contribution in [0.2, 0.25) is 5.02 Å². The molecule has 0 saturated carbocycles. The number of rotatable bonds is 20. The molecule has 5 nitrogen and oxygen atoms in total. The Hall–Kier alpha value is -1.75. The molecule has 0 fully saturated rings. The van der Waals surface area contributed by atoms with Gasteiger partial charge in [-0.15, -0.1) is 0 Å². The van der Waals surface area contributed by atoms with Crippen LogP contribution in [0.25, 0.3) is 0 Å². The molecule has 2 heterocycles. The molecule has 0 aromatic carbocycles. The van der Waals surface area contributed by atoms with Crippen molar-refractivity contribution in [2.75, 3.05) is 6.54 Å². The standard InChI is InChI=1S/C29H48ClN3O2/c1-4-5-6-7-8-9-10-11-12-13-14-15-16-17-18-19-22-31-29(34)27-21-20-26(35-27)23-33-25(3)28(30)24(2)32-33/h20-21H,4-19,22-23H2,1-3H3,(H,31,34). The third-order valence-corrected chi connectivity index (χ3v) is 7.35. The van der Waals surface area contributed by atoms with Gasteiger partial charge in [-0.3, -0.25) is 9.48 Å². The maximum Gasteiger partial charge on any atom is 0.286 e. The number of aromatic nitrogens is 2. The van der Waals surface area contributed by atoms with E-state index in [-0.39, 0.29) is 5.91 Å². The minimum atomic E-state index is -0.149. The quantitative estimate of drug-likeness (QED) is 0.183. The maximum absolute atomic E-state index is 12.3. The zero-order chi connectivity index (χ0) is 25.3. The van der Waals surface area contributed by atoms with Crippen LogP contribution in [0.4, 0.5) is 0 Å². The molecule has 0 atom stereocenters. The van der Waals surface area contributed by atoms with Gasteiger partial charge in [0.25, 0.3) is 5.91 Å². The predicted molar refractivity (Wildman–Crippen MR) is 146 cm³/mol. The fourth-order valence-electron chi connectivity index (χ4n) is 4.52. The third kappa shape index (κ3) is 11.7. The van der Waals surface area contributed by atoms with Crippen molar-refractivity contribution in [1.29, 1.82) is 0 Å². The summed E-state index contributed by atoms with van der Waals surface area (Å²) < 4.78 is 7.52. The van der Waals surface area contributed by atoms with E-state index in [1.54, 1.807) is 10.7 Å². The molecule has 0 saturated heterocycles. The Morgan fingerprint density at radius 2 is 1.37 bits per heavy atom. The molecule has 0 aliphatic rings. The number of hydrogen-bond donors (Lipinski definition) is 1. The van der Waals surface area contributed by atoms with Gasteiger partial charge in [-0.2, -0.15) is 5.10 Å². The van der Waals surface area contributed by atoms with Crippen molar-refractivity contribution in [3.05, 3.63) is 40.1 Å². The van der Waals surface area contributed by atoms with Crippen LogP contribution in [-0.4, -0.2) is 22.2 Å². The lowest BCUT2D eigenvalue weighted by Crippen LogP contribution is -2.23. The lowest BCUT2D eigenvalue weighted by Gasteiger charge is -2.05. The highest BCUT2D eigenvalue weighted by molar-refractivity contribution is 6.31. The molecule has 0 unspecified atom stereocenters. The van der Waals surface area contributed by atoms with E-state index in [4.69, 9.17) is 16.0 Å². The van der Waals surface area contributed by atoms with E-state index in [0.717, 1.165) is 17.8 Å². The van der Waals surface area contributed by atoms with Gasteiger partial charge in [-0.25, -0.2) is 0 Å². The van der Waals surface area contributed by atoms with E-state index in [1.807, 2.05) is 19.9 Å². The first kappa shape index (κ1) is 29.5. The number of nitrogens with zero attached hydrogens (tertiary/aromatic N) is 2. The Morgan fingerprint density at radius 1 is 0.857 bits per heavy atom. The van der Waals surface area contributed by atoms with Crippen LogP contribution in [0, 0.1) is 13.8 Å². The lowest BCUT2D eigenvalue weighted by atomic mass is 10.0. The van der Waals surface area contributed by atoms with Crippen LogP contribution in [0.1, 0.15) is 137 Å². The summed E-state index contributed by atoms with van der Waals surface area (Å²) in [4.78, 5) is 12.3. The summed E-state index contributed by atoms with van der Waals surface area (Å²) >= 11 is 6.20. The van der Waals surface area contributed by atoms with Crippen LogP contribution in [0.5, 0.6) is 0 Å². The summed E-state index contributed by atoms with van der Waals surface area (Å²) in [6.45, 7) is 7.25. The molecule has 35 heavy (non-hydrogen) atoms. The molecule has 0 aliphatic carbocycles. The second-order valence-electron chi connectivity index (χ2n) is 9.97. The first-order valence-corrected chi connectivity index (χ1v) is 14.5. The number of carbonyl (C=O) groups excluding carboxylic acids is 1. The largest absolute Gasteiger partial charge is 0.454 e. The van der Waals surface area contributed by atoms with Crippen molar-refractivity contribution in [2.24, 2.45) is 0 Å². The summed E-state index contributed by atoms with van der Waals surface area (Å²) in [5.74, 6) is 0.896. The first-order chi connectivity index (χ1) is 17.0. The monoisotopic (exact) mass is 505 g/mol. The number of carbonyl (C=O) groups is 1. The highest BCUT2D eigenvalue weighted by Gasteiger charge is 2.14. The molecule has 1 N–H and O–H groups in total. The van der Waals surface area contributed by atoms with E-state index in [0.29, 0.717) is 29.6 Å². The van der Waals surface area contributed by atoms with Crippen molar-refractivity contribution in [3.63, 3.8) is 0 Å². The van der Waals surface area contributed by atoms with E-state index in [9.17, 15) is 4.79 Å². The minimum Gasteiger partial charge on any atom is -0.454 e. The van der Waals surface area contributed by atoms with Gasteiger partial charge < -0.3 is 9.73 Å². The fraction of sp³-hybridized carbons (Fsp3) is 0.724. The van der Waals surface area contributed by atoms with Crippen LogP contribution >= 0.6 is 11.6 Å². The predicted octanol–water partition coefficient (Wildman–Crippen LogP) is 8.79. The average molecular weight is 506 g/mol. The lowest BCUT2D eigenvalue weighted by molar-refractivity contribution is 0.0923. The zero-order valence-electron chi connectivity index (χ0n) is 22.5. The molecule has 1 amide bonds. The van der Waals surface area contributed by atoms with E-state index in [2.05, 4.69) is 17.3 Å². The van der Waals surface area contributed by atoms with Crippen molar-refractivity contribution in [3.8, 4) is 0 Å². The smallest absolute Gasteiger partial charge is 0.286 e. The molecule has 0 spiro atoms. The summed E-state index contributed by atoms with van der Waals surface area (Å²) in [5, 5.41) is 8.06. The molecule has 0 aliphatic heterocycles. The SMILES string of the molecule is CCCCCCCCCCCCCCCCCCNC(=O)c1ccc(Cn2nc(C)c(Cl)c2C)o1. The Morgan fingerprint density at radius 3 is 1.86 bits per heavy atom. The number of aryl methyl sites for hydroxylation is 1. The Kier molecular flexibility index (Phi) is 14.9. The number of hydrogen-bond acceptors (Lipinski definition) is 3. The number of furan rings is 1. The van der Waals surface area contributed by atoms with Gasteiger partial charge in [0, 0.05) is 6.54 Å². The van der Waals surface area contributed by atoms with E-state index in [1.165, 1.54) is 96.3 Å². The van der Waals surface area contributed by atoms with Gasteiger partial charge in [0.15, 0.2) is 5.76 Å². The fourth-order valence-corrected chi connectivity index (χ4v) is 4.66. The molecule has 2 rings (SSSR count). The number of halogens is 1. The van der Waals surface area contributed by atoms with Crippen molar-refractivity contribution in [2.45, 2.75) is 130 Å². The van der Waals surface area contributed by atoms with Crippen LogP contribution in [-0.2, 0) is 6.54 Å². The number of nitrogens with one attached hydrogen (secondary N) is 1. The van der Waals surface area contributed by atoms with E-state index < -0.39 is 0 Å². The molecule has 0 bridgehead atoms. The van der Waals surface area contributed by atoms with Gasteiger partial charge in [0.05, 0.1) is 23.0 Å². The van der Waals surface area contributed by atoms with Gasteiger partial charge in [0.2, 0.25) is 0 Å². The third-order valence-electron chi connectivity index (χ3n) is 6.80. The van der Waals surface area contributed by atoms with Crippen molar-refractivity contribution >= 4 is 17.5 Å². The van der Waals surface area contributed by atoms with Crippen molar-refractivity contribution < 1.29 is 9.21 Å². The Labute approximate surface area is 218 Å². The van der Waals surface area contributed by atoms with Crippen LogP contribution < -0.4 is 5.32 Å². The molecule has 2 aromatic heterocycles. The average Bonchev–Trinajstić information content (AvgIpc) is 3.41. The summed E-state index contributed by atoms with van der Waals surface area (Å²) in [6.07, 6.45) is 21.6. The zero-order valence-corrected chi connectivity index (χ0v) is 23.2. The number of unbranched alkanes of at least 4 members (excludes halogenated alkanes) is 15. The highest BCUT2D eigenvalue weighted by atomic mass is 35.5. The summed E-state index contributed by atoms with van der Waals surface area (Å²) in [5.41, 5.74) is 1.70. The van der Waals surface area contributed by atoms with Crippen molar-refractivity contribution in [1.82, 2.24) is 15.1 Å². The molecular formula is C29H48ClN3O2. The first-order valence-electron chi connectivity index (χ1n) is 14.1. The molecule has 2 aromatic rings. The summed E-state index contributed by atoms with van der Waals surface area (Å²) in [7, 11) is 0. The normalized spacial score (nSPS) is 11.3. The van der Waals surface area contributed by atoms with Gasteiger partial charge in [-0.1, -0.05) is 115 Å². The minimum absolute atomic E-state index is 0.149. The molecule has 6 heteroatoms. The Bertz CT molecular complexity index is 843. The highest BCUT2D eigenvalue weighted by Crippen LogP contribution is 2.20. The second kappa shape index (κ2) is 17.6. The van der Waals surface area contributed by atoms with Gasteiger partial charge in [-0.05, 0) is 32.4 Å². The summed E-state index contributed by atoms with van der Waals surface area (Å²) in [6, 6.07) is 3.56. The van der Waals surface area contributed by atoms with Crippen LogP contribution in [0.3, 0.4) is 0 Å². The van der Waals surface area contributed by atoms with Gasteiger partial charge in [0.1, 0.15) is 5.76 Å².